The zero-order valence-corrected chi connectivity index (χ0v) is 16.6. The molecular formula is C18H18ClN3O4S. The Labute approximate surface area is 162 Å². The predicted octanol–water partition coefficient (Wildman–Crippen LogP) is 3.53. The number of halogens is 1. The average Bonchev–Trinajstić information content (AvgIpc) is 3.10. The van der Waals surface area contributed by atoms with Gasteiger partial charge in [-0.05, 0) is 31.2 Å². The molecule has 0 radical (unpaired) electrons. The van der Waals surface area contributed by atoms with E-state index in [4.69, 9.17) is 20.9 Å². The monoisotopic (exact) mass is 407 g/mol. The summed E-state index contributed by atoms with van der Waals surface area (Å²) >= 11 is 6.04. The zero-order chi connectivity index (χ0) is 19.6. The third-order valence-electron chi connectivity index (χ3n) is 3.93. The molecule has 3 aromatic rings. The molecule has 9 heteroatoms. The van der Waals surface area contributed by atoms with Crippen LogP contribution in [0, 0.1) is 6.92 Å². The van der Waals surface area contributed by atoms with Crippen molar-refractivity contribution in [3.8, 4) is 17.1 Å². The normalized spacial score (nSPS) is 11.7. The van der Waals surface area contributed by atoms with Crippen molar-refractivity contribution in [1.82, 2.24) is 14.4 Å². The van der Waals surface area contributed by atoms with Crippen LogP contribution in [0.25, 0.3) is 11.4 Å². The minimum absolute atomic E-state index is 0.0502. The number of hydrogen-bond acceptors (Lipinski definition) is 6. The van der Waals surface area contributed by atoms with Crippen molar-refractivity contribution in [2.24, 2.45) is 0 Å². The van der Waals surface area contributed by atoms with Gasteiger partial charge >= 0.3 is 0 Å². The minimum Gasteiger partial charge on any atom is -0.495 e. The first-order valence-electron chi connectivity index (χ1n) is 8.01. The van der Waals surface area contributed by atoms with E-state index in [1.54, 1.807) is 0 Å². The average molecular weight is 408 g/mol. The second kappa shape index (κ2) is 7.67. The molecule has 0 bridgehead atoms. The molecule has 27 heavy (non-hydrogen) atoms. The molecule has 0 N–H and O–H groups in total. The first-order chi connectivity index (χ1) is 12.8. The Bertz CT molecular complexity index is 1070. The molecule has 0 aliphatic carbocycles. The maximum Gasteiger partial charge on any atom is 0.243 e. The molecule has 0 fully saturated rings. The molecule has 1 heterocycles. The minimum atomic E-state index is -3.78. The maximum atomic E-state index is 12.7. The number of sulfonamides is 1. The molecule has 7 nitrogen and oxygen atoms in total. The highest BCUT2D eigenvalue weighted by Crippen LogP contribution is 2.28. The number of aromatic nitrogens is 2. The highest BCUT2D eigenvalue weighted by molar-refractivity contribution is 7.89. The molecule has 142 valence electrons. The summed E-state index contributed by atoms with van der Waals surface area (Å²) in [4.78, 5) is 4.33. The van der Waals surface area contributed by atoms with Gasteiger partial charge in [0.25, 0.3) is 0 Å². The van der Waals surface area contributed by atoms with Gasteiger partial charge in [0.1, 0.15) is 5.75 Å². The van der Waals surface area contributed by atoms with Crippen LogP contribution >= 0.6 is 11.6 Å². The van der Waals surface area contributed by atoms with Crippen LogP contribution in [0.5, 0.6) is 5.75 Å². The van der Waals surface area contributed by atoms with Gasteiger partial charge in [-0.25, -0.2) is 8.42 Å². The van der Waals surface area contributed by atoms with Crippen molar-refractivity contribution in [3.05, 3.63) is 58.9 Å². The predicted molar refractivity (Wildman–Crippen MR) is 101 cm³/mol. The van der Waals surface area contributed by atoms with Gasteiger partial charge in [-0.3, -0.25) is 0 Å². The van der Waals surface area contributed by atoms with Crippen LogP contribution < -0.4 is 4.74 Å². The lowest BCUT2D eigenvalue weighted by molar-refractivity contribution is 0.336. The smallest absolute Gasteiger partial charge is 0.243 e. The second-order valence-electron chi connectivity index (χ2n) is 5.94. The van der Waals surface area contributed by atoms with E-state index >= 15 is 0 Å². The fourth-order valence-corrected chi connectivity index (χ4v) is 3.95. The molecule has 0 atom stereocenters. The van der Waals surface area contributed by atoms with Crippen LogP contribution in [0.15, 0.2) is 51.9 Å². The Morgan fingerprint density at radius 2 is 2.00 bits per heavy atom. The SMILES string of the molecule is COc1ccc(S(=O)(=O)N(C)Cc2nc(-c3cccc(C)c3)no2)cc1Cl. The van der Waals surface area contributed by atoms with E-state index in [2.05, 4.69) is 10.1 Å². The largest absolute Gasteiger partial charge is 0.495 e. The van der Waals surface area contributed by atoms with Gasteiger partial charge in [0.2, 0.25) is 21.7 Å². The van der Waals surface area contributed by atoms with Crippen molar-refractivity contribution in [1.29, 1.82) is 0 Å². The first-order valence-corrected chi connectivity index (χ1v) is 9.82. The summed E-state index contributed by atoms with van der Waals surface area (Å²) in [6.07, 6.45) is 0. The number of nitrogens with zero attached hydrogens (tertiary/aromatic N) is 3. The number of rotatable bonds is 6. The van der Waals surface area contributed by atoms with Crippen molar-refractivity contribution in [2.75, 3.05) is 14.2 Å². The second-order valence-corrected chi connectivity index (χ2v) is 8.39. The summed E-state index contributed by atoms with van der Waals surface area (Å²) in [5.41, 5.74) is 1.87. The zero-order valence-electron chi connectivity index (χ0n) is 15.0. The number of aryl methyl sites for hydroxylation is 1. The van der Waals surface area contributed by atoms with Crippen LogP contribution in [0.2, 0.25) is 5.02 Å². The van der Waals surface area contributed by atoms with Gasteiger partial charge in [0, 0.05) is 12.6 Å². The van der Waals surface area contributed by atoms with Crippen LogP contribution in [-0.4, -0.2) is 37.0 Å². The molecule has 0 aliphatic heterocycles. The molecule has 0 saturated carbocycles. The van der Waals surface area contributed by atoms with Crippen molar-refractivity contribution >= 4 is 21.6 Å². The lowest BCUT2D eigenvalue weighted by Gasteiger charge is -2.15. The summed E-state index contributed by atoms with van der Waals surface area (Å²) in [6, 6.07) is 11.9. The van der Waals surface area contributed by atoms with Crippen molar-refractivity contribution < 1.29 is 17.7 Å². The molecular weight excluding hydrogens is 390 g/mol. The Balaban J connectivity index is 1.80. The number of hydrogen-bond donors (Lipinski definition) is 0. The Hall–Kier alpha value is -2.42. The van der Waals surface area contributed by atoms with Gasteiger partial charge in [-0.15, -0.1) is 0 Å². The number of benzene rings is 2. The summed E-state index contributed by atoms with van der Waals surface area (Å²) in [5, 5.41) is 4.14. The Kier molecular flexibility index (Phi) is 5.50. The maximum absolute atomic E-state index is 12.7. The Morgan fingerprint density at radius 1 is 1.22 bits per heavy atom. The molecule has 0 unspecified atom stereocenters. The highest BCUT2D eigenvalue weighted by atomic mass is 35.5. The van der Waals surface area contributed by atoms with Gasteiger partial charge < -0.3 is 9.26 Å². The molecule has 1 aromatic heterocycles. The van der Waals surface area contributed by atoms with E-state index < -0.39 is 10.0 Å². The van der Waals surface area contributed by atoms with Crippen molar-refractivity contribution in [3.63, 3.8) is 0 Å². The third kappa shape index (κ3) is 4.13. The quantitative estimate of drug-likeness (QED) is 0.621. The van der Waals surface area contributed by atoms with Gasteiger partial charge in [0.15, 0.2) is 0 Å². The molecule has 0 spiro atoms. The number of ether oxygens (including phenoxy) is 1. The van der Waals surface area contributed by atoms with Crippen LogP contribution in [0.1, 0.15) is 11.5 Å². The summed E-state index contributed by atoms with van der Waals surface area (Å²) in [7, 11) is -0.885. The fourth-order valence-electron chi connectivity index (χ4n) is 2.48. The molecule has 0 saturated heterocycles. The van der Waals surface area contributed by atoms with E-state index in [9.17, 15) is 8.42 Å². The lowest BCUT2D eigenvalue weighted by Crippen LogP contribution is -2.26. The number of methoxy groups -OCH3 is 1. The van der Waals surface area contributed by atoms with Gasteiger partial charge in [-0.1, -0.05) is 40.5 Å². The summed E-state index contributed by atoms with van der Waals surface area (Å²) in [5.74, 6) is 1.00. The third-order valence-corrected chi connectivity index (χ3v) is 6.03. The van der Waals surface area contributed by atoms with Gasteiger partial charge in [-0.2, -0.15) is 9.29 Å². The highest BCUT2D eigenvalue weighted by Gasteiger charge is 2.24. The van der Waals surface area contributed by atoms with Gasteiger partial charge in [0.05, 0.1) is 23.6 Å². The Morgan fingerprint density at radius 3 is 2.67 bits per heavy atom. The van der Waals surface area contributed by atoms with E-state index in [0.717, 1.165) is 15.4 Å². The standard InChI is InChI=1S/C18H18ClN3O4S/c1-12-5-4-6-13(9-12)18-20-17(26-21-18)11-22(2)27(23,24)14-7-8-16(25-3)15(19)10-14/h4-10H,11H2,1-3H3. The lowest BCUT2D eigenvalue weighted by atomic mass is 10.1. The van der Waals surface area contributed by atoms with Crippen LogP contribution in [0.4, 0.5) is 0 Å². The van der Waals surface area contributed by atoms with E-state index in [-0.39, 0.29) is 22.4 Å². The van der Waals surface area contributed by atoms with Crippen molar-refractivity contribution in [2.45, 2.75) is 18.4 Å². The first kappa shape index (κ1) is 19.3. The molecule has 3 rings (SSSR count). The van der Waals surface area contributed by atoms with Crippen LogP contribution in [-0.2, 0) is 16.6 Å². The molecule has 0 aliphatic rings. The van der Waals surface area contributed by atoms with E-state index in [1.807, 2.05) is 31.2 Å². The summed E-state index contributed by atoms with van der Waals surface area (Å²) < 4.78 is 36.9. The topological polar surface area (TPSA) is 85.5 Å². The molecule has 0 amide bonds. The summed E-state index contributed by atoms with van der Waals surface area (Å²) in [6.45, 7) is 1.90. The van der Waals surface area contributed by atoms with Crippen LogP contribution in [0.3, 0.4) is 0 Å². The molecule has 2 aromatic carbocycles. The fraction of sp³-hybridized carbons (Fsp3) is 0.222. The van der Waals surface area contributed by atoms with E-state index in [0.29, 0.717) is 11.6 Å². The van der Waals surface area contributed by atoms with E-state index in [1.165, 1.54) is 32.4 Å².